The number of hydrogen-bond donors (Lipinski definition) is 1. The number of halogens is 1. The van der Waals surface area contributed by atoms with E-state index < -0.39 is 0 Å². The molecule has 1 atom stereocenters. The Kier molecular flexibility index (Phi) is 5.07. The van der Waals surface area contributed by atoms with Crippen LogP contribution in [0.5, 0.6) is 0 Å². The summed E-state index contributed by atoms with van der Waals surface area (Å²) in [6, 6.07) is 12.0. The Morgan fingerprint density at radius 1 is 1.19 bits per heavy atom. The molecule has 2 aromatic heterocycles. The third kappa shape index (κ3) is 4.28. The van der Waals surface area contributed by atoms with Gasteiger partial charge in [-0.15, -0.1) is 0 Å². The molecule has 1 aliphatic heterocycles. The predicted molar refractivity (Wildman–Crippen MR) is 102 cm³/mol. The molecule has 0 bridgehead atoms. The first kappa shape index (κ1) is 17.5. The number of aromatic amines is 1. The van der Waals surface area contributed by atoms with Gasteiger partial charge in [0.2, 0.25) is 0 Å². The molecule has 6 heteroatoms. The van der Waals surface area contributed by atoms with Gasteiger partial charge in [-0.1, -0.05) is 12.1 Å². The Balaban J connectivity index is 1.54. The first-order valence-electron chi connectivity index (χ1n) is 9.16. The third-order valence-electron chi connectivity index (χ3n) is 4.93. The molecule has 138 valence electrons. The lowest BCUT2D eigenvalue weighted by Gasteiger charge is -2.32. The van der Waals surface area contributed by atoms with Gasteiger partial charge in [0.25, 0.3) is 5.56 Å². The Bertz CT molecular complexity index is 973. The van der Waals surface area contributed by atoms with E-state index in [2.05, 4.69) is 14.9 Å². The van der Waals surface area contributed by atoms with E-state index in [0.717, 1.165) is 42.8 Å². The van der Waals surface area contributed by atoms with Crippen molar-refractivity contribution in [3.8, 4) is 11.4 Å². The minimum absolute atomic E-state index is 0.144. The molecule has 3 aromatic rings. The van der Waals surface area contributed by atoms with Crippen LogP contribution < -0.4 is 5.56 Å². The van der Waals surface area contributed by atoms with Gasteiger partial charge in [-0.2, -0.15) is 0 Å². The van der Waals surface area contributed by atoms with Crippen molar-refractivity contribution in [1.82, 2.24) is 19.9 Å². The van der Waals surface area contributed by atoms with Crippen molar-refractivity contribution >= 4 is 0 Å². The fraction of sp³-hybridized carbons (Fsp3) is 0.286. The van der Waals surface area contributed by atoms with Crippen LogP contribution in [0.3, 0.4) is 0 Å². The molecule has 3 heterocycles. The fourth-order valence-corrected chi connectivity index (χ4v) is 3.67. The maximum Gasteiger partial charge on any atom is 0.251 e. The minimum atomic E-state index is -0.209. The highest BCUT2D eigenvalue weighted by Gasteiger charge is 2.23. The van der Waals surface area contributed by atoms with Gasteiger partial charge >= 0.3 is 0 Å². The molecular formula is C21H21FN4O. The van der Waals surface area contributed by atoms with E-state index >= 15 is 0 Å². The molecule has 1 N–H and O–H groups in total. The second-order valence-corrected chi connectivity index (χ2v) is 6.96. The monoisotopic (exact) mass is 364 g/mol. The van der Waals surface area contributed by atoms with Crippen molar-refractivity contribution in [3.05, 3.63) is 82.3 Å². The molecule has 0 spiro atoms. The number of aromatic nitrogens is 3. The van der Waals surface area contributed by atoms with Crippen LogP contribution in [0.15, 0.2) is 59.7 Å². The van der Waals surface area contributed by atoms with E-state index in [-0.39, 0.29) is 17.3 Å². The van der Waals surface area contributed by atoms with E-state index in [4.69, 9.17) is 4.98 Å². The van der Waals surface area contributed by atoms with Crippen LogP contribution in [0.25, 0.3) is 11.4 Å². The highest BCUT2D eigenvalue weighted by molar-refractivity contribution is 5.53. The second kappa shape index (κ2) is 7.80. The number of rotatable bonds is 4. The van der Waals surface area contributed by atoms with Gasteiger partial charge in [0, 0.05) is 43.0 Å². The van der Waals surface area contributed by atoms with E-state index in [0.29, 0.717) is 12.4 Å². The van der Waals surface area contributed by atoms with Crippen LogP contribution in [0.1, 0.15) is 30.0 Å². The molecular weight excluding hydrogens is 343 g/mol. The number of likely N-dealkylation sites (tertiary alicyclic amines) is 1. The van der Waals surface area contributed by atoms with Gasteiger partial charge in [0.05, 0.1) is 5.69 Å². The van der Waals surface area contributed by atoms with Crippen LogP contribution in [0.2, 0.25) is 0 Å². The highest BCUT2D eigenvalue weighted by atomic mass is 19.1. The summed E-state index contributed by atoms with van der Waals surface area (Å²) in [4.78, 5) is 26.0. The van der Waals surface area contributed by atoms with E-state index in [1.165, 1.54) is 6.07 Å². The number of nitrogens with zero attached hydrogens (tertiary/aromatic N) is 3. The number of hydrogen-bond acceptors (Lipinski definition) is 4. The molecule has 0 radical (unpaired) electrons. The van der Waals surface area contributed by atoms with E-state index in [9.17, 15) is 9.18 Å². The molecule has 1 fully saturated rings. The second-order valence-electron chi connectivity index (χ2n) is 6.96. The summed E-state index contributed by atoms with van der Waals surface area (Å²) in [6.45, 7) is 2.48. The molecule has 4 rings (SSSR count). The zero-order valence-corrected chi connectivity index (χ0v) is 14.9. The molecule has 27 heavy (non-hydrogen) atoms. The molecule has 1 aliphatic rings. The summed E-state index contributed by atoms with van der Waals surface area (Å²) >= 11 is 0. The standard InChI is InChI=1S/C21H21FN4O/c22-18-5-1-3-15(11-18)13-26-10-2-4-17(14-26)19-12-20(27)25-21(24-19)16-6-8-23-9-7-16/h1,3,5-9,11-12,17H,2,4,10,13-14H2,(H,24,25,27)/t17-/m0/s1. The van der Waals surface area contributed by atoms with Gasteiger partial charge in [-0.05, 0) is 49.2 Å². The van der Waals surface area contributed by atoms with Gasteiger partial charge in [-0.3, -0.25) is 14.7 Å². The SMILES string of the molecule is O=c1cc([C@H]2CCCN(Cc3cccc(F)c3)C2)nc(-c2ccncc2)[nH]1. The summed E-state index contributed by atoms with van der Waals surface area (Å²) < 4.78 is 13.4. The number of nitrogens with one attached hydrogen (secondary N) is 1. The third-order valence-corrected chi connectivity index (χ3v) is 4.93. The van der Waals surface area contributed by atoms with Gasteiger partial charge in [0.1, 0.15) is 11.6 Å². The van der Waals surface area contributed by atoms with Crippen LogP contribution in [0, 0.1) is 5.82 Å². The topological polar surface area (TPSA) is 61.9 Å². The first-order chi connectivity index (χ1) is 13.2. The van der Waals surface area contributed by atoms with E-state index in [1.54, 1.807) is 30.6 Å². The Labute approximate surface area is 156 Å². The lowest BCUT2D eigenvalue weighted by molar-refractivity contribution is 0.198. The number of pyridine rings is 1. The largest absolute Gasteiger partial charge is 0.307 e. The summed E-state index contributed by atoms with van der Waals surface area (Å²) in [7, 11) is 0. The summed E-state index contributed by atoms with van der Waals surface area (Å²) in [5.41, 5.74) is 2.48. The minimum Gasteiger partial charge on any atom is -0.307 e. The maximum atomic E-state index is 13.4. The van der Waals surface area contributed by atoms with Crippen LogP contribution in [0.4, 0.5) is 4.39 Å². The number of piperidine rings is 1. The van der Waals surface area contributed by atoms with Crippen molar-refractivity contribution in [2.75, 3.05) is 13.1 Å². The lowest BCUT2D eigenvalue weighted by Crippen LogP contribution is -2.34. The Hall–Kier alpha value is -2.86. The predicted octanol–water partition coefficient (Wildman–Crippen LogP) is 3.35. The van der Waals surface area contributed by atoms with Crippen molar-refractivity contribution in [3.63, 3.8) is 0 Å². The lowest BCUT2D eigenvalue weighted by atomic mass is 9.94. The molecule has 0 amide bonds. The van der Waals surface area contributed by atoms with Gasteiger partial charge in [0.15, 0.2) is 0 Å². The quantitative estimate of drug-likeness (QED) is 0.771. The zero-order chi connectivity index (χ0) is 18.6. The molecule has 1 aromatic carbocycles. The van der Waals surface area contributed by atoms with Crippen LogP contribution >= 0.6 is 0 Å². The average molecular weight is 364 g/mol. The Morgan fingerprint density at radius 3 is 2.85 bits per heavy atom. The van der Waals surface area contributed by atoms with Crippen molar-refractivity contribution in [2.45, 2.75) is 25.3 Å². The maximum absolute atomic E-state index is 13.4. The molecule has 0 unspecified atom stereocenters. The summed E-state index contributed by atoms with van der Waals surface area (Å²) in [5.74, 6) is 0.552. The Morgan fingerprint density at radius 2 is 2.04 bits per heavy atom. The summed E-state index contributed by atoms with van der Waals surface area (Å²) in [5, 5.41) is 0. The zero-order valence-electron chi connectivity index (χ0n) is 14.9. The molecule has 0 saturated carbocycles. The molecule has 5 nitrogen and oxygen atoms in total. The first-order valence-corrected chi connectivity index (χ1v) is 9.16. The van der Waals surface area contributed by atoms with Crippen molar-refractivity contribution in [2.24, 2.45) is 0 Å². The van der Waals surface area contributed by atoms with Gasteiger partial charge in [-0.25, -0.2) is 9.37 Å². The van der Waals surface area contributed by atoms with Crippen LogP contribution in [-0.4, -0.2) is 32.9 Å². The van der Waals surface area contributed by atoms with Crippen LogP contribution in [-0.2, 0) is 6.54 Å². The van der Waals surface area contributed by atoms with E-state index in [1.807, 2.05) is 18.2 Å². The normalized spacial score (nSPS) is 17.7. The summed E-state index contributed by atoms with van der Waals surface area (Å²) in [6.07, 6.45) is 5.39. The fourth-order valence-electron chi connectivity index (χ4n) is 3.67. The smallest absolute Gasteiger partial charge is 0.251 e. The number of benzene rings is 1. The average Bonchev–Trinajstić information content (AvgIpc) is 2.68. The van der Waals surface area contributed by atoms with Gasteiger partial charge < -0.3 is 4.98 Å². The molecule has 0 aliphatic carbocycles. The highest BCUT2D eigenvalue weighted by Crippen LogP contribution is 2.27. The van der Waals surface area contributed by atoms with Crippen molar-refractivity contribution < 1.29 is 4.39 Å². The number of H-pyrrole nitrogens is 1. The van der Waals surface area contributed by atoms with Crippen molar-refractivity contribution in [1.29, 1.82) is 0 Å². The molecule has 1 saturated heterocycles.